The first kappa shape index (κ1) is 18.5. The zero-order chi connectivity index (χ0) is 19.9. The van der Waals surface area contributed by atoms with Crippen LogP contribution in [0.4, 0.5) is 5.69 Å². The Morgan fingerprint density at radius 3 is 2.68 bits per heavy atom. The van der Waals surface area contributed by atoms with Gasteiger partial charge in [-0.2, -0.15) is 0 Å². The molecule has 0 bridgehead atoms. The third-order valence-corrected chi connectivity index (χ3v) is 6.53. The molecule has 2 aromatic heterocycles. The van der Waals surface area contributed by atoms with Crippen molar-refractivity contribution < 1.29 is 18.1 Å². The highest BCUT2D eigenvalue weighted by atomic mass is 32.2. The Labute approximate surface area is 160 Å². The standard InChI is InChI=1S/C18H18N4O5S/c19-14-7-4-10-27-17(14)16-13-8-9-21(18(13)20-11-15(16)22(23)24)28(25,26)12-5-2-1-3-6-12/h1-3,5-6,8-9,11,14,17H,4,7,10,19H2/t14?,17-/m1/s1. The van der Waals surface area contributed by atoms with Crippen molar-refractivity contribution in [2.24, 2.45) is 5.73 Å². The molecule has 0 aliphatic carbocycles. The SMILES string of the molecule is NC1CCCO[C@H]1c1c([N+](=O)[O-])cnc2c1ccn2S(=O)(=O)c1ccccc1. The van der Waals surface area contributed by atoms with Crippen LogP contribution in [0.15, 0.2) is 53.7 Å². The van der Waals surface area contributed by atoms with Gasteiger partial charge in [-0.15, -0.1) is 0 Å². The molecule has 1 aromatic carbocycles. The lowest BCUT2D eigenvalue weighted by atomic mass is 9.94. The molecule has 4 rings (SSSR count). The van der Waals surface area contributed by atoms with Gasteiger partial charge in [0.2, 0.25) is 0 Å². The van der Waals surface area contributed by atoms with Gasteiger partial charge in [0.15, 0.2) is 5.65 Å². The summed E-state index contributed by atoms with van der Waals surface area (Å²) in [4.78, 5) is 15.2. The number of nitrogens with zero attached hydrogens (tertiary/aromatic N) is 3. The normalized spacial score (nSPS) is 20.3. The lowest BCUT2D eigenvalue weighted by molar-refractivity contribution is -0.386. The fourth-order valence-electron chi connectivity index (χ4n) is 3.52. The van der Waals surface area contributed by atoms with E-state index in [9.17, 15) is 18.5 Å². The van der Waals surface area contributed by atoms with E-state index in [1.165, 1.54) is 24.4 Å². The Bertz CT molecular complexity index is 1140. The molecule has 10 heteroatoms. The van der Waals surface area contributed by atoms with Gasteiger partial charge in [-0.05, 0) is 31.0 Å². The monoisotopic (exact) mass is 402 g/mol. The third kappa shape index (κ3) is 2.95. The molecular weight excluding hydrogens is 384 g/mol. The minimum Gasteiger partial charge on any atom is -0.372 e. The summed E-state index contributed by atoms with van der Waals surface area (Å²) in [6.07, 6.45) is 3.15. The van der Waals surface area contributed by atoms with E-state index < -0.39 is 27.1 Å². The van der Waals surface area contributed by atoms with Crippen molar-refractivity contribution in [2.45, 2.75) is 29.9 Å². The van der Waals surface area contributed by atoms with Crippen LogP contribution in [-0.2, 0) is 14.8 Å². The van der Waals surface area contributed by atoms with E-state index in [0.29, 0.717) is 18.4 Å². The number of benzene rings is 1. The number of pyridine rings is 1. The maximum atomic E-state index is 13.0. The summed E-state index contributed by atoms with van der Waals surface area (Å²) >= 11 is 0. The van der Waals surface area contributed by atoms with Crippen molar-refractivity contribution in [2.75, 3.05) is 6.61 Å². The first-order valence-electron chi connectivity index (χ1n) is 8.73. The molecule has 9 nitrogen and oxygen atoms in total. The van der Waals surface area contributed by atoms with Crippen LogP contribution in [0, 0.1) is 10.1 Å². The number of hydrogen-bond donors (Lipinski definition) is 1. The summed E-state index contributed by atoms with van der Waals surface area (Å²) in [5.74, 6) is 0. The minimum atomic E-state index is -3.90. The van der Waals surface area contributed by atoms with Gasteiger partial charge in [-0.3, -0.25) is 10.1 Å². The van der Waals surface area contributed by atoms with Crippen molar-refractivity contribution in [1.29, 1.82) is 0 Å². The number of fused-ring (bicyclic) bond motifs is 1. The Balaban J connectivity index is 1.95. The van der Waals surface area contributed by atoms with Crippen LogP contribution in [0.5, 0.6) is 0 Å². The van der Waals surface area contributed by atoms with Crippen molar-refractivity contribution in [3.8, 4) is 0 Å². The molecule has 0 radical (unpaired) electrons. The van der Waals surface area contributed by atoms with E-state index in [2.05, 4.69) is 4.98 Å². The number of rotatable bonds is 4. The molecule has 1 saturated heterocycles. The molecular formula is C18H18N4O5S. The Hall–Kier alpha value is -2.82. The van der Waals surface area contributed by atoms with Gasteiger partial charge in [0, 0.05) is 24.2 Å². The Kier molecular flexibility index (Phi) is 4.61. The van der Waals surface area contributed by atoms with Gasteiger partial charge >= 0.3 is 0 Å². The Morgan fingerprint density at radius 1 is 1.25 bits per heavy atom. The summed E-state index contributed by atoms with van der Waals surface area (Å²) in [6.45, 7) is 0.433. The van der Waals surface area contributed by atoms with E-state index in [1.807, 2.05) is 0 Å². The second kappa shape index (κ2) is 6.97. The zero-order valence-electron chi connectivity index (χ0n) is 14.8. The average molecular weight is 402 g/mol. The molecule has 146 valence electrons. The average Bonchev–Trinajstić information content (AvgIpc) is 3.13. The van der Waals surface area contributed by atoms with Gasteiger partial charge in [0.1, 0.15) is 12.3 Å². The van der Waals surface area contributed by atoms with Crippen LogP contribution in [0.1, 0.15) is 24.5 Å². The number of ether oxygens (including phenoxy) is 1. The topological polar surface area (TPSA) is 130 Å². The molecule has 3 aromatic rings. The van der Waals surface area contributed by atoms with Gasteiger partial charge in [-0.25, -0.2) is 17.4 Å². The fourth-order valence-corrected chi connectivity index (χ4v) is 4.84. The summed E-state index contributed by atoms with van der Waals surface area (Å²) in [7, 11) is -3.90. The number of hydrogen-bond acceptors (Lipinski definition) is 7. The molecule has 0 saturated carbocycles. The van der Waals surface area contributed by atoms with Crippen LogP contribution in [0.2, 0.25) is 0 Å². The van der Waals surface area contributed by atoms with Crippen LogP contribution in [-0.4, -0.2) is 34.9 Å². The highest BCUT2D eigenvalue weighted by Crippen LogP contribution is 2.38. The van der Waals surface area contributed by atoms with E-state index in [0.717, 1.165) is 16.6 Å². The molecule has 1 unspecified atom stereocenters. The maximum Gasteiger partial charge on any atom is 0.294 e. The molecule has 2 atom stereocenters. The van der Waals surface area contributed by atoms with Gasteiger partial charge in [0.25, 0.3) is 15.7 Å². The van der Waals surface area contributed by atoms with Crippen molar-refractivity contribution in [3.05, 3.63) is 64.5 Å². The summed E-state index contributed by atoms with van der Waals surface area (Å²) in [5.41, 5.74) is 6.30. The first-order valence-corrected chi connectivity index (χ1v) is 10.2. The smallest absolute Gasteiger partial charge is 0.294 e. The van der Waals surface area contributed by atoms with Crippen LogP contribution >= 0.6 is 0 Å². The van der Waals surface area contributed by atoms with Crippen molar-refractivity contribution >= 4 is 26.7 Å². The second-order valence-corrected chi connectivity index (χ2v) is 8.39. The van der Waals surface area contributed by atoms with E-state index in [4.69, 9.17) is 10.5 Å². The van der Waals surface area contributed by atoms with Gasteiger partial charge in [-0.1, -0.05) is 18.2 Å². The Morgan fingerprint density at radius 2 is 2.00 bits per heavy atom. The van der Waals surface area contributed by atoms with E-state index >= 15 is 0 Å². The maximum absolute atomic E-state index is 13.0. The van der Waals surface area contributed by atoms with Crippen LogP contribution < -0.4 is 5.73 Å². The lowest BCUT2D eigenvalue weighted by Gasteiger charge is -2.29. The largest absolute Gasteiger partial charge is 0.372 e. The highest BCUT2D eigenvalue weighted by molar-refractivity contribution is 7.90. The lowest BCUT2D eigenvalue weighted by Crippen LogP contribution is -2.35. The van der Waals surface area contributed by atoms with Crippen molar-refractivity contribution in [3.63, 3.8) is 0 Å². The number of nitro groups is 1. The van der Waals surface area contributed by atoms with E-state index in [1.54, 1.807) is 18.2 Å². The number of nitrogens with two attached hydrogens (primary N) is 1. The predicted octanol–water partition coefficient (Wildman–Crippen LogP) is 2.36. The van der Waals surface area contributed by atoms with Crippen LogP contribution in [0.25, 0.3) is 11.0 Å². The van der Waals surface area contributed by atoms with E-state index in [-0.39, 0.29) is 21.8 Å². The summed E-state index contributed by atoms with van der Waals surface area (Å²) in [5, 5.41) is 11.9. The van der Waals surface area contributed by atoms with Crippen molar-refractivity contribution in [1.82, 2.24) is 8.96 Å². The zero-order valence-corrected chi connectivity index (χ0v) is 15.6. The van der Waals surface area contributed by atoms with Gasteiger partial charge < -0.3 is 10.5 Å². The molecule has 2 N–H and O–H groups in total. The molecule has 1 aliphatic heterocycles. The molecule has 1 fully saturated rings. The molecule has 1 aliphatic rings. The molecule has 3 heterocycles. The third-order valence-electron chi connectivity index (χ3n) is 4.85. The summed E-state index contributed by atoms with van der Waals surface area (Å²) < 4.78 is 32.8. The minimum absolute atomic E-state index is 0.0971. The molecule has 0 amide bonds. The quantitative estimate of drug-likeness (QED) is 0.523. The second-order valence-electron chi connectivity index (χ2n) is 6.58. The molecule has 28 heavy (non-hydrogen) atoms. The fraction of sp³-hybridized carbons (Fsp3) is 0.278. The first-order chi connectivity index (χ1) is 13.4. The summed E-state index contributed by atoms with van der Waals surface area (Å²) in [6, 6.07) is 9.01. The molecule has 0 spiro atoms. The highest BCUT2D eigenvalue weighted by Gasteiger charge is 2.34. The van der Waals surface area contributed by atoms with Crippen LogP contribution in [0.3, 0.4) is 0 Å². The van der Waals surface area contributed by atoms with Gasteiger partial charge in [0.05, 0.1) is 15.4 Å². The number of aromatic nitrogens is 2. The predicted molar refractivity (Wildman–Crippen MR) is 101 cm³/mol.